The third-order valence-electron chi connectivity index (χ3n) is 11.1. The molecule has 0 amide bonds. The van der Waals surface area contributed by atoms with Gasteiger partial charge in [0.25, 0.3) is 0 Å². The van der Waals surface area contributed by atoms with Gasteiger partial charge in [-0.15, -0.1) is 0 Å². The minimum atomic E-state index is -0.957. The molecule has 0 aromatic rings. The quantitative estimate of drug-likeness (QED) is 0.467. The van der Waals surface area contributed by atoms with Gasteiger partial charge in [0.05, 0.1) is 11.7 Å². The van der Waals surface area contributed by atoms with Crippen molar-refractivity contribution in [2.45, 2.75) is 111 Å². The second kappa shape index (κ2) is 8.01. The number of hydrogen-bond acceptors (Lipinski definition) is 2. The van der Waals surface area contributed by atoms with Gasteiger partial charge in [-0.05, 0) is 111 Å². The van der Waals surface area contributed by atoms with Crippen LogP contribution in [0, 0.1) is 46.3 Å². The molecular formula is C29H48O2. The van der Waals surface area contributed by atoms with Crippen LogP contribution in [0.25, 0.3) is 0 Å². The van der Waals surface area contributed by atoms with Crippen LogP contribution in [-0.4, -0.2) is 21.9 Å². The zero-order chi connectivity index (χ0) is 22.8. The number of rotatable bonds is 5. The molecule has 31 heavy (non-hydrogen) atoms. The first-order chi connectivity index (χ1) is 14.4. The Bertz CT molecular complexity index is 733. The van der Waals surface area contributed by atoms with Gasteiger partial charge >= 0.3 is 0 Å². The smallest absolute Gasteiger partial charge is 0.0913 e. The molecule has 2 heteroatoms. The zero-order valence-corrected chi connectivity index (χ0v) is 21.1. The second-order valence-electron chi connectivity index (χ2n) is 12.9. The van der Waals surface area contributed by atoms with Crippen molar-refractivity contribution in [1.29, 1.82) is 0 Å². The monoisotopic (exact) mass is 428 g/mol. The van der Waals surface area contributed by atoms with Crippen molar-refractivity contribution in [2.75, 3.05) is 0 Å². The molecule has 0 bridgehead atoms. The standard InChI is InChI=1S/C29H48O2/c1-18(2)19(3)8-9-20(4)22-11-12-23-21-10-13-25-28(6,17-15-26(30)29(25,7)31)24(21)14-16-27(22,23)5/h10,18,20,22-26,30-31H,3,8-9,11-17H2,1-2,4-7H3/t20-,22-,23+,24+,25-,26+,27-,28-,29-/m1/s1. The molecule has 0 saturated heterocycles. The summed E-state index contributed by atoms with van der Waals surface area (Å²) in [6.07, 6.45) is 12.5. The maximum Gasteiger partial charge on any atom is 0.0913 e. The molecule has 0 aliphatic heterocycles. The summed E-state index contributed by atoms with van der Waals surface area (Å²) in [7, 11) is 0. The number of hydrogen-bond donors (Lipinski definition) is 2. The van der Waals surface area contributed by atoms with Crippen LogP contribution in [0.1, 0.15) is 99.3 Å². The molecule has 4 aliphatic rings. The SMILES string of the molecule is C=C(CC[C@@H](C)[C@H]1CC[C@H]2C3=CC[C@H]4[C@@](C)(O)[C@@H](O)CC[C@]4(C)[C@H]3CC[C@]12C)C(C)C. The Labute approximate surface area is 191 Å². The van der Waals surface area contributed by atoms with Crippen LogP contribution >= 0.6 is 0 Å². The van der Waals surface area contributed by atoms with E-state index in [9.17, 15) is 10.2 Å². The van der Waals surface area contributed by atoms with E-state index in [4.69, 9.17) is 0 Å². The predicted molar refractivity (Wildman–Crippen MR) is 130 cm³/mol. The van der Waals surface area contributed by atoms with E-state index in [0.29, 0.717) is 17.3 Å². The Morgan fingerprint density at radius 3 is 2.35 bits per heavy atom. The van der Waals surface area contributed by atoms with Crippen LogP contribution in [0.3, 0.4) is 0 Å². The van der Waals surface area contributed by atoms with E-state index in [-0.39, 0.29) is 11.3 Å². The van der Waals surface area contributed by atoms with Crippen molar-refractivity contribution in [3.8, 4) is 0 Å². The highest BCUT2D eigenvalue weighted by atomic mass is 16.3. The highest BCUT2D eigenvalue weighted by Crippen LogP contribution is 2.67. The Morgan fingerprint density at radius 2 is 1.68 bits per heavy atom. The maximum absolute atomic E-state index is 11.2. The van der Waals surface area contributed by atoms with Gasteiger partial charge in [-0.1, -0.05) is 58.4 Å². The number of fused-ring (bicyclic) bond motifs is 5. The molecular weight excluding hydrogens is 380 g/mol. The molecule has 3 saturated carbocycles. The molecule has 2 N–H and O–H groups in total. The Kier molecular flexibility index (Phi) is 6.09. The molecule has 9 atom stereocenters. The number of aliphatic hydroxyl groups is 2. The lowest BCUT2D eigenvalue weighted by Crippen LogP contribution is -2.60. The van der Waals surface area contributed by atoms with Gasteiger partial charge < -0.3 is 10.2 Å². The van der Waals surface area contributed by atoms with Crippen molar-refractivity contribution in [3.05, 3.63) is 23.8 Å². The molecule has 0 radical (unpaired) electrons. The van der Waals surface area contributed by atoms with Crippen molar-refractivity contribution in [2.24, 2.45) is 46.3 Å². The van der Waals surface area contributed by atoms with E-state index in [1.807, 2.05) is 6.92 Å². The first kappa shape index (κ1) is 23.6. The zero-order valence-electron chi connectivity index (χ0n) is 21.1. The minimum absolute atomic E-state index is 0.132. The highest BCUT2D eigenvalue weighted by molar-refractivity contribution is 5.29. The van der Waals surface area contributed by atoms with Crippen molar-refractivity contribution >= 4 is 0 Å². The maximum atomic E-state index is 11.2. The average Bonchev–Trinajstić information content (AvgIpc) is 3.06. The predicted octanol–water partition coefficient (Wildman–Crippen LogP) is 6.92. The first-order valence-corrected chi connectivity index (χ1v) is 13.2. The lowest BCUT2D eigenvalue weighted by molar-refractivity contribution is -0.184. The second-order valence-corrected chi connectivity index (χ2v) is 12.9. The van der Waals surface area contributed by atoms with E-state index >= 15 is 0 Å². The minimum Gasteiger partial charge on any atom is -0.390 e. The lowest BCUT2D eigenvalue weighted by atomic mass is 9.45. The fourth-order valence-corrected chi connectivity index (χ4v) is 8.86. The van der Waals surface area contributed by atoms with Crippen molar-refractivity contribution < 1.29 is 10.2 Å². The number of allylic oxidation sites excluding steroid dienone is 3. The van der Waals surface area contributed by atoms with Gasteiger partial charge in [-0.25, -0.2) is 0 Å². The molecule has 3 fully saturated rings. The molecule has 0 spiro atoms. The number of aliphatic hydroxyl groups excluding tert-OH is 1. The van der Waals surface area contributed by atoms with E-state index in [0.717, 1.165) is 37.0 Å². The van der Waals surface area contributed by atoms with Crippen molar-refractivity contribution in [1.82, 2.24) is 0 Å². The summed E-state index contributed by atoms with van der Waals surface area (Å²) in [5.74, 6) is 3.68. The largest absolute Gasteiger partial charge is 0.390 e. The van der Waals surface area contributed by atoms with Crippen LogP contribution < -0.4 is 0 Å². The van der Waals surface area contributed by atoms with Gasteiger partial charge in [0.1, 0.15) is 0 Å². The third-order valence-corrected chi connectivity index (χ3v) is 11.1. The molecule has 2 nitrogen and oxygen atoms in total. The Balaban J connectivity index is 1.54. The van der Waals surface area contributed by atoms with Crippen LogP contribution in [0.2, 0.25) is 0 Å². The summed E-state index contributed by atoms with van der Waals surface area (Å²) < 4.78 is 0. The van der Waals surface area contributed by atoms with Gasteiger partial charge in [-0.3, -0.25) is 0 Å². The summed E-state index contributed by atoms with van der Waals surface area (Å²) in [5, 5.41) is 21.7. The van der Waals surface area contributed by atoms with Gasteiger partial charge in [0, 0.05) is 0 Å². The summed E-state index contributed by atoms with van der Waals surface area (Å²) in [5.41, 5.74) is 2.76. The van der Waals surface area contributed by atoms with Gasteiger partial charge in [0.2, 0.25) is 0 Å². The molecule has 176 valence electrons. The summed E-state index contributed by atoms with van der Waals surface area (Å²) in [6, 6.07) is 0. The first-order valence-electron chi connectivity index (χ1n) is 13.2. The van der Waals surface area contributed by atoms with Crippen LogP contribution in [-0.2, 0) is 0 Å². The van der Waals surface area contributed by atoms with E-state index < -0.39 is 11.7 Å². The molecule has 4 aliphatic carbocycles. The molecule has 0 aromatic heterocycles. The average molecular weight is 429 g/mol. The van der Waals surface area contributed by atoms with E-state index in [1.54, 1.807) is 5.57 Å². The Morgan fingerprint density at radius 1 is 1.03 bits per heavy atom. The van der Waals surface area contributed by atoms with E-state index in [1.165, 1.54) is 44.1 Å². The van der Waals surface area contributed by atoms with Crippen LogP contribution in [0.15, 0.2) is 23.8 Å². The molecule has 4 rings (SSSR count). The van der Waals surface area contributed by atoms with Crippen molar-refractivity contribution in [3.63, 3.8) is 0 Å². The molecule has 0 aromatic carbocycles. The van der Waals surface area contributed by atoms with Gasteiger partial charge in [0.15, 0.2) is 0 Å². The fraction of sp³-hybridized carbons (Fsp3) is 0.862. The third kappa shape index (κ3) is 3.59. The lowest BCUT2D eigenvalue weighted by Gasteiger charge is -2.61. The highest BCUT2D eigenvalue weighted by Gasteiger charge is 2.61. The van der Waals surface area contributed by atoms with Crippen LogP contribution in [0.4, 0.5) is 0 Å². The van der Waals surface area contributed by atoms with Gasteiger partial charge in [-0.2, -0.15) is 0 Å². The summed E-state index contributed by atoms with van der Waals surface area (Å²) >= 11 is 0. The topological polar surface area (TPSA) is 40.5 Å². The van der Waals surface area contributed by atoms with E-state index in [2.05, 4.69) is 47.3 Å². The molecule has 0 heterocycles. The normalized spacial score (nSPS) is 47.9. The summed E-state index contributed by atoms with van der Waals surface area (Å²) in [6.45, 7) is 18.3. The van der Waals surface area contributed by atoms with Crippen LogP contribution in [0.5, 0.6) is 0 Å². The molecule has 0 unspecified atom stereocenters. The Hall–Kier alpha value is -0.600. The fourth-order valence-electron chi connectivity index (χ4n) is 8.86. The summed E-state index contributed by atoms with van der Waals surface area (Å²) in [4.78, 5) is 0.